The molecule has 1 unspecified atom stereocenters. The summed E-state index contributed by atoms with van der Waals surface area (Å²) in [5, 5.41) is 2.75. The Labute approximate surface area is 236 Å². The van der Waals surface area contributed by atoms with E-state index in [2.05, 4.69) is 21.2 Å². The Morgan fingerprint density at radius 3 is 2.38 bits per heavy atom. The van der Waals surface area contributed by atoms with Gasteiger partial charge in [0.05, 0.1) is 10.6 Å². The Morgan fingerprint density at radius 1 is 0.974 bits per heavy atom. The summed E-state index contributed by atoms with van der Waals surface area (Å²) in [6.45, 7) is 4.10. The molecule has 3 aromatic carbocycles. The van der Waals surface area contributed by atoms with E-state index in [-0.39, 0.29) is 23.0 Å². The van der Waals surface area contributed by atoms with Crippen LogP contribution in [-0.4, -0.2) is 57.5 Å². The molecule has 0 fully saturated rings. The van der Waals surface area contributed by atoms with Crippen molar-refractivity contribution in [2.45, 2.75) is 31.3 Å². The summed E-state index contributed by atoms with van der Waals surface area (Å²) in [6.07, 6.45) is 0. The molecule has 1 aliphatic rings. The number of amides is 2. The zero-order valence-electron chi connectivity index (χ0n) is 21.7. The molecule has 0 bridgehead atoms. The highest BCUT2D eigenvalue weighted by Gasteiger charge is 2.33. The third-order valence-electron chi connectivity index (χ3n) is 6.18. The van der Waals surface area contributed by atoms with Crippen molar-refractivity contribution in [3.63, 3.8) is 0 Å². The van der Waals surface area contributed by atoms with Gasteiger partial charge in [0.1, 0.15) is 25.8 Å². The lowest BCUT2D eigenvalue weighted by Gasteiger charge is -2.32. The number of benzene rings is 3. The molecule has 0 saturated heterocycles. The van der Waals surface area contributed by atoms with Crippen LogP contribution >= 0.6 is 15.9 Å². The Hall–Kier alpha value is -3.57. The number of halogens is 1. The van der Waals surface area contributed by atoms with Crippen LogP contribution in [0.15, 0.2) is 82.2 Å². The Balaban J connectivity index is 1.73. The van der Waals surface area contributed by atoms with Crippen LogP contribution < -0.4 is 19.1 Å². The molecule has 0 aliphatic carbocycles. The summed E-state index contributed by atoms with van der Waals surface area (Å²) in [6, 6.07) is 19.2. The molecule has 1 N–H and O–H groups in total. The van der Waals surface area contributed by atoms with Crippen molar-refractivity contribution in [3.8, 4) is 11.5 Å². The molecular formula is C28H30BrN3O6S. The maximum Gasteiger partial charge on any atom is 0.264 e. The van der Waals surface area contributed by atoms with E-state index in [1.807, 2.05) is 24.3 Å². The molecule has 2 amide bonds. The molecule has 39 heavy (non-hydrogen) atoms. The number of nitrogens with zero attached hydrogens (tertiary/aromatic N) is 2. The number of sulfonamides is 1. The molecule has 0 radical (unpaired) electrons. The number of hydrogen-bond donors (Lipinski definition) is 1. The van der Waals surface area contributed by atoms with Gasteiger partial charge < -0.3 is 19.7 Å². The summed E-state index contributed by atoms with van der Waals surface area (Å²) < 4.78 is 40.9. The van der Waals surface area contributed by atoms with Gasteiger partial charge in [-0.2, -0.15) is 0 Å². The fourth-order valence-corrected chi connectivity index (χ4v) is 6.05. The number of hydrogen-bond acceptors (Lipinski definition) is 6. The molecule has 0 saturated carbocycles. The number of ether oxygens (including phenoxy) is 2. The van der Waals surface area contributed by atoms with Gasteiger partial charge in [0.25, 0.3) is 10.0 Å². The molecule has 9 nitrogen and oxygen atoms in total. The predicted molar refractivity (Wildman–Crippen MR) is 151 cm³/mol. The molecule has 3 aromatic rings. The molecule has 0 aromatic heterocycles. The first kappa shape index (κ1) is 28.4. The minimum absolute atomic E-state index is 0.0306. The van der Waals surface area contributed by atoms with E-state index in [0.29, 0.717) is 31.3 Å². The lowest BCUT2D eigenvalue weighted by atomic mass is 10.1. The minimum Gasteiger partial charge on any atom is -0.486 e. The van der Waals surface area contributed by atoms with Gasteiger partial charge in [-0.15, -0.1) is 0 Å². The van der Waals surface area contributed by atoms with E-state index < -0.39 is 28.5 Å². The largest absolute Gasteiger partial charge is 0.486 e. The molecular weight excluding hydrogens is 586 g/mol. The standard InChI is InChI=1S/C28H30BrN3O6S/c1-3-30-28(34)20(2)31(18-21-8-7-9-22(29)16-21)27(33)19-32(39(35,36)24-10-5-4-6-11-24)23-12-13-25-26(17-23)38-15-14-37-25/h4-13,16-17,20H,3,14-15,18-19H2,1-2H3,(H,30,34). The number of nitrogens with one attached hydrogen (secondary N) is 1. The second-order valence-corrected chi connectivity index (χ2v) is 11.7. The van der Waals surface area contributed by atoms with Gasteiger partial charge in [-0.25, -0.2) is 8.42 Å². The van der Waals surface area contributed by atoms with E-state index >= 15 is 0 Å². The minimum atomic E-state index is -4.16. The molecule has 206 valence electrons. The summed E-state index contributed by atoms with van der Waals surface area (Å²) >= 11 is 3.44. The zero-order valence-corrected chi connectivity index (χ0v) is 24.1. The maximum absolute atomic E-state index is 13.9. The highest BCUT2D eigenvalue weighted by Crippen LogP contribution is 2.36. The van der Waals surface area contributed by atoms with Gasteiger partial charge in [-0.3, -0.25) is 13.9 Å². The number of fused-ring (bicyclic) bond motifs is 1. The molecule has 4 rings (SSSR count). The van der Waals surface area contributed by atoms with Crippen molar-refractivity contribution in [2.24, 2.45) is 0 Å². The van der Waals surface area contributed by atoms with E-state index in [9.17, 15) is 18.0 Å². The monoisotopic (exact) mass is 615 g/mol. The van der Waals surface area contributed by atoms with E-state index in [1.54, 1.807) is 50.2 Å². The molecule has 1 aliphatic heterocycles. The number of carbonyl (C=O) groups excluding carboxylic acids is 2. The summed E-state index contributed by atoms with van der Waals surface area (Å²) in [5.74, 6) is 0.0106. The quantitative estimate of drug-likeness (QED) is 0.370. The Kier molecular flexibility index (Phi) is 9.13. The fraction of sp³-hybridized carbons (Fsp3) is 0.286. The SMILES string of the molecule is CCNC(=O)C(C)N(Cc1cccc(Br)c1)C(=O)CN(c1ccc2c(c1)OCCO2)S(=O)(=O)c1ccccc1. The lowest BCUT2D eigenvalue weighted by molar-refractivity contribution is -0.139. The molecule has 1 atom stereocenters. The Morgan fingerprint density at radius 2 is 1.69 bits per heavy atom. The summed E-state index contributed by atoms with van der Waals surface area (Å²) in [7, 11) is -4.16. The normalized spacial score (nSPS) is 13.3. The lowest BCUT2D eigenvalue weighted by Crippen LogP contribution is -2.51. The van der Waals surface area contributed by atoms with Crippen LogP contribution in [-0.2, 0) is 26.2 Å². The summed E-state index contributed by atoms with van der Waals surface area (Å²) in [4.78, 5) is 28.1. The van der Waals surface area contributed by atoms with Crippen LogP contribution in [0.5, 0.6) is 11.5 Å². The first-order chi connectivity index (χ1) is 18.7. The molecule has 1 heterocycles. The number of anilines is 1. The first-order valence-corrected chi connectivity index (χ1v) is 14.7. The van der Waals surface area contributed by atoms with Crippen molar-refractivity contribution in [3.05, 3.63) is 82.8 Å². The Bertz CT molecular complexity index is 1430. The summed E-state index contributed by atoms with van der Waals surface area (Å²) in [5.41, 5.74) is 1.02. The van der Waals surface area contributed by atoms with Crippen molar-refractivity contribution in [1.29, 1.82) is 0 Å². The van der Waals surface area contributed by atoms with Crippen LogP contribution in [0.25, 0.3) is 0 Å². The maximum atomic E-state index is 13.9. The van der Waals surface area contributed by atoms with E-state index in [1.165, 1.54) is 17.0 Å². The highest BCUT2D eigenvalue weighted by atomic mass is 79.9. The fourth-order valence-electron chi connectivity index (χ4n) is 4.17. The third-order valence-corrected chi connectivity index (χ3v) is 8.47. The average molecular weight is 617 g/mol. The van der Waals surface area contributed by atoms with E-state index in [4.69, 9.17) is 9.47 Å². The van der Waals surface area contributed by atoms with Gasteiger partial charge in [0, 0.05) is 23.6 Å². The predicted octanol–water partition coefficient (Wildman–Crippen LogP) is 3.97. The zero-order chi connectivity index (χ0) is 28.0. The highest BCUT2D eigenvalue weighted by molar-refractivity contribution is 9.10. The van der Waals surface area contributed by atoms with Gasteiger partial charge >= 0.3 is 0 Å². The van der Waals surface area contributed by atoms with Crippen molar-refractivity contribution >= 4 is 43.5 Å². The van der Waals surface area contributed by atoms with Crippen LogP contribution in [0.1, 0.15) is 19.4 Å². The number of likely N-dealkylation sites (N-methyl/N-ethyl adjacent to an activating group) is 1. The van der Waals surface area contributed by atoms with Crippen molar-refractivity contribution in [2.75, 3.05) is 30.6 Å². The third kappa shape index (κ3) is 6.72. The second-order valence-electron chi connectivity index (χ2n) is 8.87. The van der Waals surface area contributed by atoms with Crippen LogP contribution in [0.4, 0.5) is 5.69 Å². The van der Waals surface area contributed by atoms with Gasteiger partial charge in [-0.05, 0) is 55.8 Å². The molecule has 0 spiro atoms. The smallest absolute Gasteiger partial charge is 0.264 e. The van der Waals surface area contributed by atoms with Crippen LogP contribution in [0.3, 0.4) is 0 Å². The van der Waals surface area contributed by atoms with Gasteiger partial charge in [0.15, 0.2) is 11.5 Å². The molecule has 11 heteroatoms. The first-order valence-electron chi connectivity index (χ1n) is 12.5. The van der Waals surface area contributed by atoms with Gasteiger partial charge in [-0.1, -0.05) is 46.3 Å². The number of carbonyl (C=O) groups is 2. The van der Waals surface area contributed by atoms with E-state index in [0.717, 1.165) is 14.3 Å². The van der Waals surface area contributed by atoms with Crippen molar-refractivity contribution < 1.29 is 27.5 Å². The second kappa shape index (κ2) is 12.5. The average Bonchev–Trinajstić information content (AvgIpc) is 2.94. The van der Waals surface area contributed by atoms with Gasteiger partial charge in [0.2, 0.25) is 11.8 Å². The topological polar surface area (TPSA) is 105 Å². The van der Waals surface area contributed by atoms with Crippen molar-refractivity contribution in [1.82, 2.24) is 10.2 Å². The number of rotatable bonds is 10. The van der Waals surface area contributed by atoms with Crippen LogP contribution in [0, 0.1) is 0 Å². The van der Waals surface area contributed by atoms with Crippen LogP contribution in [0.2, 0.25) is 0 Å².